The molecule has 5 nitrogen and oxygen atoms in total. The highest BCUT2D eigenvalue weighted by Crippen LogP contribution is 2.15. The lowest BCUT2D eigenvalue weighted by Gasteiger charge is -2.10. The van der Waals surface area contributed by atoms with Gasteiger partial charge in [0.05, 0.1) is 6.10 Å². The van der Waals surface area contributed by atoms with E-state index in [1.54, 1.807) is 23.6 Å². The van der Waals surface area contributed by atoms with Crippen LogP contribution in [0.5, 0.6) is 0 Å². The molecule has 2 rings (SSSR count). The van der Waals surface area contributed by atoms with E-state index in [4.69, 9.17) is 0 Å². The third kappa shape index (κ3) is 4.41. The summed E-state index contributed by atoms with van der Waals surface area (Å²) in [6.45, 7) is 2.04. The third-order valence-corrected chi connectivity index (χ3v) is 3.91. The van der Waals surface area contributed by atoms with E-state index in [1.165, 1.54) is 11.3 Å². The fraction of sp³-hybridized carbons (Fsp3) is 0.250. The monoisotopic (exact) mass is 318 g/mol. The second kappa shape index (κ2) is 7.72. The van der Waals surface area contributed by atoms with Crippen LogP contribution in [0.2, 0.25) is 0 Å². The van der Waals surface area contributed by atoms with Gasteiger partial charge in [-0.1, -0.05) is 19.1 Å². The highest BCUT2D eigenvalue weighted by molar-refractivity contribution is 7.07. The van der Waals surface area contributed by atoms with Gasteiger partial charge >= 0.3 is 11.8 Å². The molecule has 2 amide bonds. The Morgan fingerprint density at radius 1 is 1.18 bits per heavy atom. The molecule has 0 aliphatic carbocycles. The molecule has 0 saturated carbocycles. The molecule has 1 aromatic heterocycles. The van der Waals surface area contributed by atoms with Crippen LogP contribution in [0, 0.1) is 0 Å². The maximum atomic E-state index is 11.8. The first-order chi connectivity index (χ1) is 10.6. The molecule has 0 aliphatic rings. The van der Waals surface area contributed by atoms with Crippen LogP contribution in [0.4, 0.5) is 5.69 Å². The molecule has 0 bridgehead atoms. The number of carbonyl (C=O) groups is 2. The minimum Gasteiger partial charge on any atom is -0.387 e. The van der Waals surface area contributed by atoms with Crippen molar-refractivity contribution in [1.82, 2.24) is 5.32 Å². The van der Waals surface area contributed by atoms with Gasteiger partial charge in [-0.3, -0.25) is 9.59 Å². The molecular weight excluding hydrogens is 300 g/mol. The summed E-state index contributed by atoms with van der Waals surface area (Å²) in [5, 5.41) is 18.4. The lowest BCUT2D eigenvalue weighted by molar-refractivity contribution is -0.136. The number of carbonyl (C=O) groups excluding carboxylic acids is 2. The van der Waals surface area contributed by atoms with Crippen LogP contribution < -0.4 is 10.6 Å². The fourth-order valence-electron chi connectivity index (χ4n) is 1.86. The SMILES string of the molecule is CCc1ccc(NC(=O)C(=O)NCC(O)c2ccsc2)cc1. The first kappa shape index (κ1) is 16.2. The van der Waals surface area contributed by atoms with Crippen LogP contribution >= 0.6 is 11.3 Å². The largest absolute Gasteiger partial charge is 0.387 e. The van der Waals surface area contributed by atoms with Crippen molar-refractivity contribution >= 4 is 28.8 Å². The molecule has 1 unspecified atom stereocenters. The Bertz CT molecular complexity index is 623. The summed E-state index contributed by atoms with van der Waals surface area (Å²) in [5.41, 5.74) is 2.44. The van der Waals surface area contributed by atoms with E-state index in [0.717, 1.165) is 17.5 Å². The average Bonchev–Trinajstić information content (AvgIpc) is 3.07. The van der Waals surface area contributed by atoms with E-state index in [0.29, 0.717) is 5.69 Å². The van der Waals surface area contributed by atoms with Gasteiger partial charge in [0.15, 0.2) is 0 Å². The molecule has 0 saturated heterocycles. The van der Waals surface area contributed by atoms with Gasteiger partial charge < -0.3 is 15.7 Å². The van der Waals surface area contributed by atoms with Crippen LogP contribution in [0.3, 0.4) is 0 Å². The first-order valence-corrected chi connectivity index (χ1v) is 7.92. The van der Waals surface area contributed by atoms with Crippen LogP contribution in [-0.2, 0) is 16.0 Å². The van der Waals surface area contributed by atoms with Crippen molar-refractivity contribution < 1.29 is 14.7 Å². The molecular formula is C16H18N2O3S. The Labute approximate surface area is 133 Å². The predicted octanol–water partition coefficient (Wildman–Crippen LogP) is 2.10. The molecule has 2 aromatic rings. The number of rotatable bonds is 5. The topological polar surface area (TPSA) is 78.4 Å². The number of nitrogens with one attached hydrogen (secondary N) is 2. The summed E-state index contributed by atoms with van der Waals surface area (Å²) in [7, 11) is 0. The van der Waals surface area contributed by atoms with Crippen molar-refractivity contribution in [3.05, 3.63) is 52.2 Å². The number of aliphatic hydroxyl groups is 1. The van der Waals surface area contributed by atoms with Crippen LogP contribution in [-0.4, -0.2) is 23.5 Å². The second-order valence-corrected chi connectivity index (χ2v) is 5.57. The molecule has 1 aromatic carbocycles. The number of thiophene rings is 1. The summed E-state index contributed by atoms with van der Waals surface area (Å²) in [4.78, 5) is 23.5. The van der Waals surface area contributed by atoms with Gasteiger partial charge in [0.2, 0.25) is 0 Å². The molecule has 6 heteroatoms. The number of aliphatic hydroxyl groups excluding tert-OH is 1. The Balaban J connectivity index is 1.82. The molecule has 1 heterocycles. The third-order valence-electron chi connectivity index (χ3n) is 3.21. The number of benzene rings is 1. The molecule has 22 heavy (non-hydrogen) atoms. The van der Waals surface area contributed by atoms with E-state index < -0.39 is 17.9 Å². The van der Waals surface area contributed by atoms with E-state index in [-0.39, 0.29) is 6.54 Å². The van der Waals surface area contributed by atoms with E-state index in [1.807, 2.05) is 24.4 Å². The standard InChI is InChI=1S/C16H18N2O3S/c1-2-11-3-5-13(6-4-11)18-16(21)15(20)17-9-14(19)12-7-8-22-10-12/h3-8,10,14,19H,2,9H2,1H3,(H,17,20)(H,18,21). The number of hydrogen-bond acceptors (Lipinski definition) is 4. The lowest BCUT2D eigenvalue weighted by Crippen LogP contribution is -2.37. The van der Waals surface area contributed by atoms with Crippen LogP contribution in [0.15, 0.2) is 41.1 Å². The number of hydrogen-bond donors (Lipinski definition) is 3. The zero-order valence-corrected chi connectivity index (χ0v) is 13.0. The maximum Gasteiger partial charge on any atom is 0.313 e. The maximum absolute atomic E-state index is 11.8. The number of amides is 2. The first-order valence-electron chi connectivity index (χ1n) is 6.98. The van der Waals surface area contributed by atoms with Gasteiger partial charge in [-0.15, -0.1) is 0 Å². The van der Waals surface area contributed by atoms with Crippen molar-refractivity contribution in [3.8, 4) is 0 Å². The van der Waals surface area contributed by atoms with Gasteiger partial charge in [-0.2, -0.15) is 11.3 Å². The Kier molecular flexibility index (Phi) is 5.68. The van der Waals surface area contributed by atoms with Gasteiger partial charge in [-0.25, -0.2) is 0 Å². The quantitative estimate of drug-likeness (QED) is 0.739. The van der Waals surface area contributed by atoms with Gasteiger partial charge in [-0.05, 0) is 46.5 Å². The zero-order valence-electron chi connectivity index (χ0n) is 12.2. The van der Waals surface area contributed by atoms with Gasteiger partial charge in [0, 0.05) is 12.2 Å². The Morgan fingerprint density at radius 2 is 1.91 bits per heavy atom. The van der Waals surface area contributed by atoms with E-state index >= 15 is 0 Å². The second-order valence-electron chi connectivity index (χ2n) is 4.79. The minimum absolute atomic E-state index is 0.00222. The van der Waals surface area contributed by atoms with Crippen LogP contribution in [0.1, 0.15) is 24.2 Å². The summed E-state index contributed by atoms with van der Waals surface area (Å²) < 4.78 is 0. The van der Waals surface area contributed by atoms with Crippen molar-refractivity contribution in [3.63, 3.8) is 0 Å². The summed E-state index contributed by atoms with van der Waals surface area (Å²) >= 11 is 1.46. The smallest absolute Gasteiger partial charge is 0.313 e. The van der Waals surface area contributed by atoms with Crippen molar-refractivity contribution in [1.29, 1.82) is 0 Å². The molecule has 0 fully saturated rings. The normalized spacial score (nSPS) is 11.7. The summed E-state index contributed by atoms with van der Waals surface area (Å²) in [6.07, 6.45) is 0.0988. The highest BCUT2D eigenvalue weighted by Gasteiger charge is 2.16. The van der Waals surface area contributed by atoms with E-state index in [9.17, 15) is 14.7 Å². The number of anilines is 1. The van der Waals surface area contributed by atoms with E-state index in [2.05, 4.69) is 10.6 Å². The van der Waals surface area contributed by atoms with Crippen molar-refractivity contribution in [2.45, 2.75) is 19.4 Å². The molecule has 3 N–H and O–H groups in total. The molecule has 1 atom stereocenters. The van der Waals surface area contributed by atoms with Crippen molar-refractivity contribution in [2.75, 3.05) is 11.9 Å². The van der Waals surface area contributed by atoms with Gasteiger partial charge in [0.25, 0.3) is 0 Å². The molecule has 0 aliphatic heterocycles. The lowest BCUT2D eigenvalue weighted by atomic mass is 10.1. The van der Waals surface area contributed by atoms with Gasteiger partial charge in [0.1, 0.15) is 0 Å². The van der Waals surface area contributed by atoms with Crippen molar-refractivity contribution in [2.24, 2.45) is 0 Å². The molecule has 0 spiro atoms. The Hall–Kier alpha value is -2.18. The zero-order chi connectivity index (χ0) is 15.9. The average molecular weight is 318 g/mol. The number of aryl methyl sites for hydroxylation is 1. The molecule has 0 radical (unpaired) electrons. The molecule has 116 valence electrons. The fourth-order valence-corrected chi connectivity index (χ4v) is 2.57. The summed E-state index contributed by atoms with van der Waals surface area (Å²) in [5.74, 6) is -1.52. The highest BCUT2D eigenvalue weighted by atomic mass is 32.1. The summed E-state index contributed by atoms with van der Waals surface area (Å²) in [6, 6.07) is 9.08. The Morgan fingerprint density at radius 3 is 2.50 bits per heavy atom. The predicted molar refractivity (Wildman–Crippen MR) is 86.7 cm³/mol. The minimum atomic E-state index is -0.813. The van der Waals surface area contributed by atoms with Crippen LogP contribution in [0.25, 0.3) is 0 Å².